The van der Waals surface area contributed by atoms with Gasteiger partial charge in [0.05, 0.1) is 6.10 Å². The Balaban J connectivity index is 1.74. The zero-order chi connectivity index (χ0) is 34.7. The zero-order valence-electron chi connectivity index (χ0n) is 27.2. The van der Waals surface area contributed by atoms with Gasteiger partial charge >= 0.3 is 0 Å². The van der Waals surface area contributed by atoms with E-state index >= 15 is 0 Å². The molecule has 1 heterocycles. The number of ether oxygens (including phenoxy) is 1. The third kappa shape index (κ3) is 11.4. The van der Waals surface area contributed by atoms with Crippen LogP contribution in [0.2, 0.25) is 0 Å². The minimum atomic E-state index is -1.43. The summed E-state index contributed by atoms with van der Waals surface area (Å²) >= 11 is 0. The summed E-state index contributed by atoms with van der Waals surface area (Å²) in [5.74, 6) is -1.92. The molecular weight excluding hydrogens is 604 g/mol. The molecule has 0 fully saturated rings. The van der Waals surface area contributed by atoms with Gasteiger partial charge in [-0.25, -0.2) is 0 Å². The van der Waals surface area contributed by atoms with Crippen molar-refractivity contribution in [3.8, 4) is 11.8 Å². The summed E-state index contributed by atoms with van der Waals surface area (Å²) in [6.07, 6.45) is 0.116. The number of aromatic nitrogens is 1. The van der Waals surface area contributed by atoms with Crippen LogP contribution in [0.15, 0.2) is 64.7 Å². The molecule has 3 aromatic rings. The molecule has 248 valence electrons. The van der Waals surface area contributed by atoms with Crippen LogP contribution in [0, 0.1) is 25.2 Å². The second-order valence-corrected chi connectivity index (χ2v) is 12.0. The normalized spacial score (nSPS) is 13.4. The van der Waals surface area contributed by atoms with Crippen molar-refractivity contribution in [2.75, 3.05) is 6.61 Å². The fraction of sp³-hybridized carbons (Fsp3) is 0.353. The first-order valence-corrected chi connectivity index (χ1v) is 14.9. The van der Waals surface area contributed by atoms with Gasteiger partial charge in [0, 0.05) is 18.2 Å². The van der Waals surface area contributed by atoms with Crippen molar-refractivity contribution in [1.82, 2.24) is 26.4 Å². The minimum Gasteiger partial charge on any atom is -0.491 e. The van der Waals surface area contributed by atoms with Crippen LogP contribution in [-0.4, -0.2) is 64.2 Å². The third-order valence-corrected chi connectivity index (χ3v) is 6.59. The lowest BCUT2D eigenvalue weighted by atomic mass is 10.1. The molecule has 13 nitrogen and oxygen atoms in total. The highest BCUT2D eigenvalue weighted by Gasteiger charge is 2.31. The zero-order valence-corrected chi connectivity index (χ0v) is 27.2. The van der Waals surface area contributed by atoms with E-state index in [-0.39, 0.29) is 24.4 Å². The van der Waals surface area contributed by atoms with Crippen LogP contribution in [-0.2, 0) is 20.9 Å². The van der Waals surface area contributed by atoms with E-state index < -0.39 is 47.4 Å². The number of nitrogens with zero attached hydrogens (tertiary/aromatic N) is 2. The lowest BCUT2D eigenvalue weighted by Gasteiger charge is -2.24. The summed E-state index contributed by atoms with van der Waals surface area (Å²) in [6.45, 7) is 10.2. The van der Waals surface area contributed by atoms with Crippen molar-refractivity contribution in [3.63, 3.8) is 0 Å². The maximum atomic E-state index is 13.3. The largest absolute Gasteiger partial charge is 0.491 e. The Morgan fingerprint density at radius 2 is 1.68 bits per heavy atom. The van der Waals surface area contributed by atoms with Crippen LogP contribution in [0.4, 0.5) is 0 Å². The Labute approximate surface area is 273 Å². The average molecular weight is 645 g/mol. The average Bonchev–Trinajstić information content (AvgIpc) is 3.45. The first-order chi connectivity index (χ1) is 22.1. The number of aliphatic hydroxyl groups is 1. The number of rotatable bonds is 13. The summed E-state index contributed by atoms with van der Waals surface area (Å²) in [6, 6.07) is 14.6. The first kappa shape index (κ1) is 36.0. The Kier molecular flexibility index (Phi) is 12.4. The molecule has 0 bridgehead atoms. The quantitative estimate of drug-likeness (QED) is 0.137. The van der Waals surface area contributed by atoms with E-state index in [0.717, 1.165) is 11.1 Å². The number of amides is 4. The van der Waals surface area contributed by atoms with E-state index in [1.165, 1.54) is 19.1 Å². The van der Waals surface area contributed by atoms with Crippen molar-refractivity contribution in [2.45, 2.75) is 71.8 Å². The number of nitriles is 1. The van der Waals surface area contributed by atoms with E-state index in [9.17, 15) is 29.5 Å². The van der Waals surface area contributed by atoms with Crippen molar-refractivity contribution in [2.24, 2.45) is 0 Å². The van der Waals surface area contributed by atoms with E-state index in [2.05, 4.69) is 26.4 Å². The predicted octanol–water partition coefficient (Wildman–Crippen LogP) is 2.47. The highest BCUT2D eigenvalue weighted by atomic mass is 16.5. The molecule has 0 spiro atoms. The van der Waals surface area contributed by atoms with Gasteiger partial charge in [0.2, 0.25) is 11.8 Å². The second kappa shape index (κ2) is 16.2. The SMILES string of the molecule is Cc1ccc(CNC(=O)[C@H](COc2ccc(/C=C(\C#N)C(=O)NC(C)(C)C)cc2)NC(=O)[C@@H](NC(=O)c2cc(C)on2)[C@@H](C)O)cc1. The Morgan fingerprint density at radius 1 is 1.02 bits per heavy atom. The van der Waals surface area contributed by atoms with Crippen molar-refractivity contribution in [1.29, 1.82) is 5.26 Å². The Hall–Kier alpha value is -5.48. The van der Waals surface area contributed by atoms with Gasteiger partial charge < -0.3 is 35.6 Å². The molecule has 2 aromatic carbocycles. The first-order valence-electron chi connectivity index (χ1n) is 14.9. The molecule has 3 rings (SSSR count). The number of carbonyl (C=O) groups excluding carboxylic acids is 4. The van der Waals surface area contributed by atoms with Gasteiger partial charge in [-0.05, 0) is 70.9 Å². The van der Waals surface area contributed by atoms with Gasteiger partial charge in [-0.1, -0.05) is 47.1 Å². The monoisotopic (exact) mass is 644 g/mol. The summed E-state index contributed by atoms with van der Waals surface area (Å²) in [5, 5.41) is 33.9. The topological polar surface area (TPSA) is 196 Å². The van der Waals surface area contributed by atoms with Gasteiger partial charge in [-0.15, -0.1) is 0 Å². The smallest absolute Gasteiger partial charge is 0.274 e. The maximum Gasteiger partial charge on any atom is 0.274 e. The third-order valence-electron chi connectivity index (χ3n) is 6.59. The standard InChI is InChI=1S/C34H40N6O7/c1-20-7-9-24(10-8-20)18-36-31(43)28(37-33(45)29(22(3)41)38-32(44)27-15-21(2)47-40-27)19-46-26-13-11-23(12-14-26)16-25(17-35)30(42)39-34(4,5)6/h7-16,22,28-29,41H,18-19H2,1-6H3,(H,36,43)(H,37,45)(H,38,44)(H,39,42)/b25-16+/t22-,28+,29+/m1/s1. The molecular formula is C34H40N6O7. The van der Waals surface area contributed by atoms with Crippen LogP contribution in [0.5, 0.6) is 5.75 Å². The lowest BCUT2D eigenvalue weighted by Crippen LogP contribution is -2.58. The Morgan fingerprint density at radius 3 is 2.23 bits per heavy atom. The van der Waals surface area contributed by atoms with Crippen LogP contribution in [0.25, 0.3) is 6.08 Å². The van der Waals surface area contributed by atoms with E-state index in [0.29, 0.717) is 17.1 Å². The van der Waals surface area contributed by atoms with Gasteiger partial charge in [-0.3, -0.25) is 19.2 Å². The molecule has 0 aliphatic heterocycles. The van der Waals surface area contributed by atoms with Gasteiger partial charge in [-0.2, -0.15) is 5.26 Å². The van der Waals surface area contributed by atoms with E-state index in [4.69, 9.17) is 9.26 Å². The fourth-order valence-corrected chi connectivity index (χ4v) is 4.12. The number of benzene rings is 2. The summed E-state index contributed by atoms with van der Waals surface area (Å²) in [4.78, 5) is 51.6. The Bertz CT molecular complexity index is 1630. The van der Waals surface area contributed by atoms with Crippen LogP contribution >= 0.6 is 0 Å². The van der Waals surface area contributed by atoms with Gasteiger partial charge in [0.1, 0.15) is 41.8 Å². The maximum absolute atomic E-state index is 13.3. The molecule has 0 saturated heterocycles. The molecule has 0 aliphatic carbocycles. The minimum absolute atomic E-state index is 0.0694. The number of carbonyl (C=O) groups is 4. The fourth-order valence-electron chi connectivity index (χ4n) is 4.12. The molecule has 0 saturated carbocycles. The number of nitrogens with one attached hydrogen (secondary N) is 4. The summed E-state index contributed by atoms with van der Waals surface area (Å²) < 4.78 is 10.7. The van der Waals surface area contributed by atoms with Crippen molar-refractivity contribution < 1.29 is 33.5 Å². The lowest BCUT2D eigenvalue weighted by molar-refractivity contribution is -0.132. The molecule has 0 aliphatic rings. The number of hydrogen-bond acceptors (Lipinski definition) is 9. The van der Waals surface area contributed by atoms with E-state index in [1.807, 2.05) is 58.0 Å². The second-order valence-electron chi connectivity index (χ2n) is 12.0. The summed E-state index contributed by atoms with van der Waals surface area (Å²) in [7, 11) is 0. The van der Waals surface area contributed by atoms with Crippen LogP contribution in [0.1, 0.15) is 60.6 Å². The highest BCUT2D eigenvalue weighted by Crippen LogP contribution is 2.16. The molecule has 0 unspecified atom stereocenters. The highest BCUT2D eigenvalue weighted by molar-refractivity contribution is 6.02. The van der Waals surface area contributed by atoms with Gasteiger partial charge in [0.25, 0.3) is 11.8 Å². The molecule has 1 aromatic heterocycles. The van der Waals surface area contributed by atoms with Gasteiger partial charge in [0.15, 0.2) is 5.69 Å². The molecule has 13 heteroatoms. The number of aryl methyl sites for hydroxylation is 2. The number of hydrogen-bond donors (Lipinski definition) is 5. The molecule has 4 amide bonds. The van der Waals surface area contributed by atoms with E-state index in [1.54, 1.807) is 31.2 Å². The van der Waals surface area contributed by atoms with Crippen LogP contribution < -0.4 is 26.0 Å². The summed E-state index contributed by atoms with van der Waals surface area (Å²) in [5.41, 5.74) is 1.80. The molecule has 5 N–H and O–H groups in total. The van der Waals surface area contributed by atoms with Crippen LogP contribution in [0.3, 0.4) is 0 Å². The van der Waals surface area contributed by atoms with Crippen molar-refractivity contribution in [3.05, 3.63) is 88.3 Å². The number of aliphatic hydroxyl groups excluding tert-OH is 1. The van der Waals surface area contributed by atoms with Crippen molar-refractivity contribution >= 4 is 29.7 Å². The molecule has 3 atom stereocenters. The molecule has 0 radical (unpaired) electrons. The molecule has 47 heavy (non-hydrogen) atoms. The predicted molar refractivity (Wildman–Crippen MR) is 173 cm³/mol.